The molecular weight excluding hydrogens is 887 g/mol. The van der Waals surface area contributed by atoms with E-state index in [1.165, 1.54) is 44.5 Å². The molecule has 0 radical (unpaired) electrons. The molecule has 2 heterocycles. The van der Waals surface area contributed by atoms with Crippen LogP contribution in [0.2, 0.25) is 0 Å². The van der Waals surface area contributed by atoms with Gasteiger partial charge in [0.1, 0.15) is 0 Å². The van der Waals surface area contributed by atoms with Crippen molar-refractivity contribution in [2.45, 2.75) is 45.4 Å². The summed E-state index contributed by atoms with van der Waals surface area (Å²) in [4.78, 5) is 26.2. The number of fused-ring (bicyclic) bond motifs is 4. The third-order valence-electron chi connectivity index (χ3n) is 14.9. The van der Waals surface area contributed by atoms with Crippen LogP contribution in [0.15, 0.2) is 231 Å². The van der Waals surface area contributed by atoms with E-state index in [1.807, 2.05) is 24.3 Å². The van der Waals surface area contributed by atoms with Crippen molar-refractivity contribution < 1.29 is 0 Å². The number of rotatable bonds is 9. The van der Waals surface area contributed by atoms with E-state index < -0.39 is 0 Å². The van der Waals surface area contributed by atoms with Crippen molar-refractivity contribution in [2.75, 3.05) is 0 Å². The Morgan fingerprint density at radius 2 is 0.822 bits per heavy atom. The Balaban J connectivity index is 0.953. The van der Waals surface area contributed by atoms with Crippen LogP contribution in [0.25, 0.3) is 101 Å². The number of aromatic nitrogens is 5. The largest absolute Gasteiger partial charge is 0.228 e. The summed E-state index contributed by atoms with van der Waals surface area (Å²) < 4.78 is 0. The Morgan fingerprint density at radius 1 is 0.370 bits per heavy atom. The number of allylic oxidation sites excluding steroid dienone is 5. The Bertz CT molecular complexity index is 3880. The molecule has 0 atom stereocenters. The number of nitrogens with zero attached hydrogens (tertiary/aromatic N) is 5. The normalized spacial score (nSPS) is 15.0. The minimum Gasteiger partial charge on any atom is -0.228 e. The van der Waals surface area contributed by atoms with E-state index in [0.717, 1.165) is 67.0 Å². The first-order valence-electron chi connectivity index (χ1n) is 25.0. The number of benzene rings is 8. The van der Waals surface area contributed by atoms with E-state index in [2.05, 4.69) is 235 Å². The van der Waals surface area contributed by atoms with Gasteiger partial charge in [-0.25, -0.2) is 24.9 Å². The van der Waals surface area contributed by atoms with Gasteiger partial charge in [-0.15, -0.1) is 0 Å². The molecule has 350 valence electrons. The van der Waals surface area contributed by atoms with Crippen molar-refractivity contribution in [3.8, 4) is 90.1 Å². The minimum atomic E-state index is -0.243. The molecule has 0 fully saturated rings. The standard InChI is InChI=1S/C68H53N5/c1-7-53-54-31-14-16-33-57(54)67(3,4)59(53)37-43(2)63-71-65(73-66(72-63)52-35-36-56-55-32-15-17-34-58(55)68(5,6)60(56)41-52)51-30-20-27-48(40-51)47-26-18-28-49(38-47)62-42-61(45-23-12-9-13-24-45)69-64(70-62)50-29-19-25-46(39-50)44-21-10-8-11-22-44/h7-42H,2H2,1,3-6H3/b53-7-,59-37?. The molecule has 0 aliphatic heterocycles. The summed E-state index contributed by atoms with van der Waals surface area (Å²) in [5.41, 5.74) is 21.1. The molecule has 0 amide bonds. The third kappa shape index (κ3) is 8.13. The maximum absolute atomic E-state index is 5.29. The Morgan fingerprint density at radius 3 is 1.45 bits per heavy atom. The van der Waals surface area contributed by atoms with Gasteiger partial charge in [-0.1, -0.05) is 216 Å². The van der Waals surface area contributed by atoms with Crippen LogP contribution >= 0.6 is 0 Å². The highest BCUT2D eigenvalue weighted by Gasteiger charge is 2.38. The second-order valence-electron chi connectivity index (χ2n) is 20.1. The van der Waals surface area contributed by atoms with Gasteiger partial charge in [-0.2, -0.15) is 0 Å². The number of hydrogen-bond donors (Lipinski definition) is 0. The quantitative estimate of drug-likeness (QED) is 0.144. The summed E-state index contributed by atoms with van der Waals surface area (Å²) >= 11 is 0. The molecule has 0 bridgehead atoms. The lowest BCUT2D eigenvalue weighted by Gasteiger charge is -2.22. The monoisotopic (exact) mass is 939 g/mol. The van der Waals surface area contributed by atoms with Crippen molar-refractivity contribution >= 4 is 11.1 Å². The van der Waals surface area contributed by atoms with Gasteiger partial charge in [0.25, 0.3) is 0 Å². The maximum Gasteiger partial charge on any atom is 0.164 e. The Labute approximate surface area is 428 Å². The second-order valence-corrected chi connectivity index (χ2v) is 20.1. The van der Waals surface area contributed by atoms with Gasteiger partial charge in [0.2, 0.25) is 0 Å². The van der Waals surface area contributed by atoms with Crippen LogP contribution in [0.3, 0.4) is 0 Å². The lowest BCUT2D eigenvalue weighted by molar-refractivity contribution is 0.660. The molecule has 2 aliphatic carbocycles. The predicted octanol–water partition coefficient (Wildman–Crippen LogP) is 17.0. The van der Waals surface area contributed by atoms with Crippen molar-refractivity contribution in [1.29, 1.82) is 0 Å². The zero-order valence-electron chi connectivity index (χ0n) is 41.7. The molecule has 12 rings (SSSR count). The van der Waals surface area contributed by atoms with E-state index in [4.69, 9.17) is 24.9 Å². The Hall–Kier alpha value is -8.93. The number of hydrogen-bond acceptors (Lipinski definition) is 5. The van der Waals surface area contributed by atoms with Crippen LogP contribution in [-0.4, -0.2) is 24.9 Å². The summed E-state index contributed by atoms with van der Waals surface area (Å²) in [5, 5.41) is 0. The van der Waals surface area contributed by atoms with Crippen molar-refractivity contribution in [3.63, 3.8) is 0 Å². The zero-order valence-corrected chi connectivity index (χ0v) is 41.7. The summed E-state index contributed by atoms with van der Waals surface area (Å²) in [6.07, 6.45) is 4.39. The summed E-state index contributed by atoms with van der Waals surface area (Å²) in [7, 11) is 0. The fraction of sp³-hybridized carbons (Fsp3) is 0.103. The van der Waals surface area contributed by atoms with Crippen LogP contribution in [-0.2, 0) is 10.8 Å². The molecular formula is C68H53N5. The molecule has 10 aromatic rings. The van der Waals surface area contributed by atoms with Gasteiger partial charge in [-0.05, 0) is 110 Å². The molecule has 2 aliphatic rings. The third-order valence-corrected chi connectivity index (χ3v) is 14.9. The molecule has 0 spiro atoms. The van der Waals surface area contributed by atoms with Crippen LogP contribution in [0, 0.1) is 0 Å². The van der Waals surface area contributed by atoms with Crippen LogP contribution in [0.5, 0.6) is 0 Å². The lowest BCUT2D eigenvalue weighted by atomic mass is 9.81. The highest BCUT2D eigenvalue weighted by atomic mass is 15.0. The first-order valence-corrected chi connectivity index (χ1v) is 25.0. The average molecular weight is 940 g/mol. The van der Waals surface area contributed by atoms with E-state index in [1.54, 1.807) is 0 Å². The highest BCUT2D eigenvalue weighted by Crippen LogP contribution is 2.51. The van der Waals surface area contributed by atoms with Crippen LogP contribution in [0.1, 0.15) is 62.7 Å². The molecule has 8 aromatic carbocycles. The summed E-state index contributed by atoms with van der Waals surface area (Å²) in [6.45, 7) is 16.0. The fourth-order valence-electron chi connectivity index (χ4n) is 11.0. The molecule has 2 aromatic heterocycles. The maximum atomic E-state index is 5.29. The van der Waals surface area contributed by atoms with E-state index in [9.17, 15) is 0 Å². The van der Waals surface area contributed by atoms with E-state index in [-0.39, 0.29) is 10.8 Å². The van der Waals surface area contributed by atoms with Gasteiger partial charge >= 0.3 is 0 Å². The van der Waals surface area contributed by atoms with Crippen LogP contribution in [0.4, 0.5) is 0 Å². The smallest absolute Gasteiger partial charge is 0.164 e. The summed E-state index contributed by atoms with van der Waals surface area (Å²) in [5.74, 6) is 2.38. The topological polar surface area (TPSA) is 64.5 Å². The van der Waals surface area contributed by atoms with Crippen molar-refractivity contribution in [1.82, 2.24) is 24.9 Å². The zero-order chi connectivity index (χ0) is 49.8. The molecule has 0 saturated heterocycles. The first kappa shape index (κ1) is 45.2. The fourth-order valence-corrected chi connectivity index (χ4v) is 11.0. The lowest BCUT2D eigenvalue weighted by Crippen LogP contribution is -2.15. The van der Waals surface area contributed by atoms with Gasteiger partial charge in [0.15, 0.2) is 23.3 Å². The molecule has 0 N–H and O–H groups in total. The van der Waals surface area contributed by atoms with E-state index in [0.29, 0.717) is 23.3 Å². The second kappa shape index (κ2) is 18.0. The average Bonchev–Trinajstić information content (AvgIpc) is 3.81. The van der Waals surface area contributed by atoms with Crippen molar-refractivity contribution in [2.24, 2.45) is 0 Å². The van der Waals surface area contributed by atoms with Gasteiger partial charge in [-0.3, -0.25) is 0 Å². The minimum absolute atomic E-state index is 0.187. The van der Waals surface area contributed by atoms with Crippen molar-refractivity contribution in [3.05, 3.63) is 259 Å². The van der Waals surface area contributed by atoms with E-state index >= 15 is 0 Å². The molecule has 0 saturated carbocycles. The molecule has 5 nitrogen and oxygen atoms in total. The van der Waals surface area contributed by atoms with Crippen LogP contribution < -0.4 is 0 Å². The molecule has 73 heavy (non-hydrogen) atoms. The van der Waals surface area contributed by atoms with Gasteiger partial charge in [0, 0.05) is 44.2 Å². The van der Waals surface area contributed by atoms with Gasteiger partial charge in [0.05, 0.1) is 11.4 Å². The SMILES string of the molecule is C=C(C=C1/C(=C\C)c2ccccc2C1(C)C)c1nc(-c2cccc(-c3cccc(-c4cc(-c5ccccc5)nc(-c5cccc(-c6ccccc6)c5)n4)c3)c2)nc(-c2ccc3c(c2)C(C)(C)c2ccccc2-3)n1. The van der Waals surface area contributed by atoms with Gasteiger partial charge < -0.3 is 0 Å². The first-order chi connectivity index (χ1) is 35.5. The molecule has 0 unspecified atom stereocenters. The molecule has 5 heteroatoms. The highest BCUT2D eigenvalue weighted by molar-refractivity contribution is 5.93. The Kier molecular flexibility index (Phi) is 11.2. The predicted molar refractivity (Wildman–Crippen MR) is 301 cm³/mol. The summed E-state index contributed by atoms with van der Waals surface area (Å²) in [6, 6.07) is 72.4.